The van der Waals surface area contributed by atoms with Gasteiger partial charge in [0.25, 0.3) is 0 Å². The van der Waals surface area contributed by atoms with Crippen molar-refractivity contribution in [1.29, 1.82) is 0 Å². The lowest BCUT2D eigenvalue weighted by atomic mass is 10.2. The Morgan fingerprint density at radius 1 is 1.17 bits per heavy atom. The van der Waals surface area contributed by atoms with Crippen molar-refractivity contribution in [2.24, 2.45) is 0 Å². The van der Waals surface area contributed by atoms with Gasteiger partial charge < -0.3 is 15.4 Å². The lowest BCUT2D eigenvalue weighted by Gasteiger charge is -2.18. The zero-order valence-electron chi connectivity index (χ0n) is 16.1. The Morgan fingerprint density at radius 3 is 2.52 bits per heavy atom. The Bertz CT molecular complexity index is 934. The number of carbonyl (C=O) groups is 2. The van der Waals surface area contributed by atoms with Gasteiger partial charge in [-0.15, -0.1) is 11.3 Å². The van der Waals surface area contributed by atoms with Crippen molar-refractivity contribution in [2.75, 3.05) is 19.7 Å². The predicted octanol–water partition coefficient (Wildman–Crippen LogP) is 1.98. The molecule has 3 rings (SSSR count). The van der Waals surface area contributed by atoms with Crippen LogP contribution in [-0.4, -0.2) is 46.0 Å². The highest BCUT2D eigenvalue weighted by Crippen LogP contribution is 2.31. The van der Waals surface area contributed by atoms with E-state index in [4.69, 9.17) is 4.74 Å². The zero-order valence-corrected chi connectivity index (χ0v) is 17.7. The molecule has 0 bridgehead atoms. The summed E-state index contributed by atoms with van der Waals surface area (Å²) in [5.74, 6) is -1.65. The standard InChI is InChI=1S/C20H24N2O5S2/c1-14-6-8-16(9-7-14)29(25,26)18(17-5-3-11-28-17)13-22-20(24)19(23)21-12-15-4-2-10-27-15/h3,5-9,11,15,18H,2,4,10,12-13H2,1H3,(H,21,23)(H,22,24)/t15-,18+/m0/s1. The summed E-state index contributed by atoms with van der Waals surface area (Å²) in [6, 6.07) is 10.0. The fourth-order valence-corrected chi connectivity index (χ4v) is 5.87. The molecule has 0 saturated carbocycles. The number of hydrogen-bond acceptors (Lipinski definition) is 6. The number of aryl methyl sites for hydroxylation is 1. The molecular weight excluding hydrogens is 412 g/mol. The molecule has 1 aliphatic heterocycles. The van der Waals surface area contributed by atoms with E-state index in [1.165, 1.54) is 11.3 Å². The number of nitrogens with one attached hydrogen (secondary N) is 2. The molecule has 1 aromatic heterocycles. The number of hydrogen-bond donors (Lipinski definition) is 2. The fraction of sp³-hybridized carbons (Fsp3) is 0.400. The number of amides is 2. The largest absolute Gasteiger partial charge is 0.376 e. The fourth-order valence-electron chi connectivity index (χ4n) is 3.09. The van der Waals surface area contributed by atoms with Crippen LogP contribution >= 0.6 is 11.3 Å². The Morgan fingerprint density at radius 2 is 1.90 bits per heavy atom. The molecule has 1 saturated heterocycles. The summed E-state index contributed by atoms with van der Waals surface area (Å²) in [4.78, 5) is 25.0. The van der Waals surface area contributed by atoms with E-state index >= 15 is 0 Å². The van der Waals surface area contributed by atoms with Gasteiger partial charge in [-0.2, -0.15) is 0 Å². The van der Waals surface area contributed by atoms with Crippen molar-refractivity contribution in [2.45, 2.75) is 36.0 Å². The van der Waals surface area contributed by atoms with Gasteiger partial charge >= 0.3 is 11.8 Å². The first-order valence-electron chi connectivity index (χ1n) is 9.39. The van der Waals surface area contributed by atoms with Crippen LogP contribution in [0.3, 0.4) is 0 Å². The van der Waals surface area contributed by atoms with Gasteiger partial charge in [0, 0.05) is 24.6 Å². The Hall–Kier alpha value is -2.23. The minimum Gasteiger partial charge on any atom is -0.376 e. The van der Waals surface area contributed by atoms with Gasteiger partial charge in [0.2, 0.25) is 0 Å². The highest BCUT2D eigenvalue weighted by Gasteiger charge is 2.31. The maximum atomic E-state index is 13.2. The minimum absolute atomic E-state index is 0.0764. The summed E-state index contributed by atoms with van der Waals surface area (Å²) in [6.07, 6.45) is 1.70. The van der Waals surface area contributed by atoms with Crippen molar-refractivity contribution in [3.8, 4) is 0 Å². The van der Waals surface area contributed by atoms with Crippen LogP contribution in [0.15, 0.2) is 46.7 Å². The van der Waals surface area contributed by atoms with E-state index in [1.807, 2.05) is 6.92 Å². The second kappa shape index (κ2) is 9.51. The average Bonchev–Trinajstić information content (AvgIpc) is 3.40. The summed E-state index contributed by atoms with van der Waals surface area (Å²) in [5, 5.41) is 5.81. The van der Waals surface area contributed by atoms with Crippen molar-refractivity contribution in [1.82, 2.24) is 10.6 Å². The van der Waals surface area contributed by atoms with Crippen LogP contribution in [0.4, 0.5) is 0 Å². The summed E-state index contributed by atoms with van der Waals surface area (Å²) in [7, 11) is -3.74. The molecule has 0 spiro atoms. The van der Waals surface area contributed by atoms with E-state index < -0.39 is 26.9 Å². The summed E-state index contributed by atoms with van der Waals surface area (Å²) < 4.78 is 31.7. The predicted molar refractivity (Wildman–Crippen MR) is 110 cm³/mol. The first kappa shape index (κ1) is 21.5. The number of benzene rings is 1. The molecule has 2 amide bonds. The molecule has 1 aliphatic rings. The number of sulfone groups is 1. The first-order valence-corrected chi connectivity index (χ1v) is 11.8. The lowest BCUT2D eigenvalue weighted by Crippen LogP contribution is -2.44. The molecule has 2 N–H and O–H groups in total. The van der Waals surface area contributed by atoms with Crippen molar-refractivity contribution in [3.63, 3.8) is 0 Å². The third kappa shape index (κ3) is 5.43. The van der Waals surface area contributed by atoms with Gasteiger partial charge in [-0.25, -0.2) is 8.42 Å². The van der Waals surface area contributed by atoms with Crippen molar-refractivity contribution < 1.29 is 22.7 Å². The molecule has 1 fully saturated rings. The molecule has 7 nitrogen and oxygen atoms in total. The third-order valence-corrected chi connectivity index (χ3v) is 7.99. The summed E-state index contributed by atoms with van der Waals surface area (Å²) >= 11 is 1.30. The van der Waals surface area contributed by atoms with E-state index in [0.717, 1.165) is 18.4 Å². The number of rotatable bonds is 7. The molecule has 0 radical (unpaired) electrons. The van der Waals surface area contributed by atoms with Crippen LogP contribution in [0, 0.1) is 6.92 Å². The minimum atomic E-state index is -3.74. The molecule has 2 aromatic rings. The zero-order chi connectivity index (χ0) is 20.9. The smallest absolute Gasteiger partial charge is 0.309 e. The quantitative estimate of drug-likeness (QED) is 0.647. The van der Waals surface area contributed by atoms with E-state index in [1.54, 1.807) is 41.8 Å². The van der Waals surface area contributed by atoms with E-state index in [9.17, 15) is 18.0 Å². The second-order valence-corrected chi connectivity index (χ2v) is 10.0. The van der Waals surface area contributed by atoms with Gasteiger partial charge in [-0.05, 0) is 43.3 Å². The highest BCUT2D eigenvalue weighted by molar-refractivity contribution is 7.91. The second-order valence-electron chi connectivity index (χ2n) is 6.92. The molecule has 0 aliphatic carbocycles. The Balaban J connectivity index is 1.67. The van der Waals surface area contributed by atoms with E-state index in [0.29, 0.717) is 11.5 Å². The molecular formula is C20H24N2O5S2. The normalized spacial score (nSPS) is 17.6. The molecule has 1 aromatic carbocycles. The van der Waals surface area contributed by atoms with Crippen LogP contribution in [0.5, 0.6) is 0 Å². The van der Waals surface area contributed by atoms with Gasteiger partial charge in [0.15, 0.2) is 9.84 Å². The lowest BCUT2D eigenvalue weighted by molar-refractivity contribution is -0.139. The third-order valence-electron chi connectivity index (χ3n) is 4.75. The van der Waals surface area contributed by atoms with Crippen molar-refractivity contribution in [3.05, 3.63) is 52.2 Å². The Kier molecular flexibility index (Phi) is 7.05. The van der Waals surface area contributed by atoms with Gasteiger partial charge in [0.1, 0.15) is 5.25 Å². The number of carbonyl (C=O) groups excluding carboxylic acids is 2. The molecule has 2 heterocycles. The maximum absolute atomic E-state index is 13.2. The van der Waals surface area contributed by atoms with Crippen LogP contribution < -0.4 is 10.6 Å². The van der Waals surface area contributed by atoms with Crippen molar-refractivity contribution >= 4 is 33.0 Å². The first-order chi connectivity index (χ1) is 13.9. The highest BCUT2D eigenvalue weighted by atomic mass is 32.2. The van der Waals surface area contributed by atoms with Crippen LogP contribution in [0.1, 0.15) is 28.5 Å². The topological polar surface area (TPSA) is 102 Å². The Labute approximate surface area is 174 Å². The number of thiophene rings is 1. The van der Waals surface area contributed by atoms with Gasteiger partial charge in [-0.3, -0.25) is 9.59 Å². The van der Waals surface area contributed by atoms with E-state index in [-0.39, 0.29) is 24.1 Å². The van der Waals surface area contributed by atoms with Crippen LogP contribution in [0.2, 0.25) is 0 Å². The summed E-state index contributed by atoms with van der Waals surface area (Å²) in [5.41, 5.74) is 0.952. The number of ether oxygens (including phenoxy) is 1. The molecule has 29 heavy (non-hydrogen) atoms. The van der Waals surface area contributed by atoms with Crippen LogP contribution in [-0.2, 0) is 24.2 Å². The molecule has 156 valence electrons. The van der Waals surface area contributed by atoms with E-state index in [2.05, 4.69) is 10.6 Å². The molecule has 9 heteroatoms. The maximum Gasteiger partial charge on any atom is 0.309 e. The van der Waals surface area contributed by atoms with Crippen LogP contribution in [0.25, 0.3) is 0 Å². The SMILES string of the molecule is Cc1ccc(S(=O)(=O)[C@H](CNC(=O)C(=O)NC[C@@H]2CCCO2)c2cccs2)cc1. The van der Waals surface area contributed by atoms with Gasteiger partial charge in [0.05, 0.1) is 11.0 Å². The van der Waals surface area contributed by atoms with Gasteiger partial charge in [-0.1, -0.05) is 23.8 Å². The molecule has 0 unspecified atom stereocenters. The molecule has 2 atom stereocenters. The average molecular weight is 437 g/mol. The summed E-state index contributed by atoms with van der Waals surface area (Å²) in [6.45, 7) is 2.61. The monoisotopic (exact) mass is 436 g/mol.